The minimum absolute atomic E-state index is 0.0169. The molecule has 83 heavy (non-hydrogen) atoms. The van der Waals surface area contributed by atoms with Gasteiger partial charge in [0.2, 0.25) is 11.8 Å². The topological polar surface area (TPSA) is 142 Å². The van der Waals surface area contributed by atoms with Gasteiger partial charge in [-0.1, -0.05) is 160 Å². The molecule has 4 amide bonds. The van der Waals surface area contributed by atoms with Crippen LogP contribution in [0.2, 0.25) is 0 Å². The summed E-state index contributed by atoms with van der Waals surface area (Å²) in [4.78, 5) is 67.6. The van der Waals surface area contributed by atoms with Crippen molar-refractivity contribution in [3.05, 3.63) is 173 Å². The first-order chi connectivity index (χ1) is 40.7. The summed E-state index contributed by atoms with van der Waals surface area (Å²) in [6.45, 7) is 14.5. The number of piperidine rings is 2. The summed E-state index contributed by atoms with van der Waals surface area (Å²) < 4.78 is 0. The molecule has 4 N–H and O–H groups in total. The highest BCUT2D eigenvalue weighted by Gasteiger charge is 2.35. The second-order valence-electron chi connectivity index (χ2n) is 23.2. The molecule has 6 aromatic rings. The molecular formula is C69H89N9O4S. The molecule has 6 atom stereocenters. The van der Waals surface area contributed by atoms with Gasteiger partial charge in [-0.05, 0) is 125 Å². The monoisotopic (exact) mass is 1140 g/mol. The van der Waals surface area contributed by atoms with Crippen molar-refractivity contribution in [2.24, 2.45) is 0 Å². The van der Waals surface area contributed by atoms with Crippen molar-refractivity contribution < 1.29 is 19.2 Å². The molecule has 4 aliphatic rings. The van der Waals surface area contributed by atoms with Gasteiger partial charge in [0.05, 0.1) is 12.1 Å². The van der Waals surface area contributed by atoms with E-state index in [4.69, 9.17) is 0 Å². The van der Waals surface area contributed by atoms with Gasteiger partial charge in [-0.2, -0.15) is 0 Å². The Morgan fingerprint density at radius 3 is 1.41 bits per heavy atom. The summed E-state index contributed by atoms with van der Waals surface area (Å²) >= 11 is 1.48. The van der Waals surface area contributed by atoms with E-state index in [0.29, 0.717) is 49.3 Å². The molecule has 0 aliphatic carbocycles. The lowest BCUT2D eigenvalue weighted by Gasteiger charge is -2.31. The molecular weight excluding hydrogens is 1050 g/mol. The summed E-state index contributed by atoms with van der Waals surface area (Å²) in [5.74, 6) is 0.765. The summed E-state index contributed by atoms with van der Waals surface area (Å²) in [6.07, 6.45) is 12.7. The predicted octanol–water partition coefficient (Wildman–Crippen LogP) is 10.9. The maximum Gasteiger partial charge on any atom is 0.270 e. The fourth-order valence-electron chi connectivity index (χ4n) is 12.3. The fourth-order valence-corrected chi connectivity index (χ4v) is 13.1. The van der Waals surface area contributed by atoms with E-state index in [9.17, 15) is 19.2 Å². The Balaban J connectivity index is 0.000000200. The summed E-state index contributed by atoms with van der Waals surface area (Å²) in [5, 5.41) is 16.2. The third kappa shape index (κ3) is 18.0. The molecule has 10 rings (SSSR count). The van der Waals surface area contributed by atoms with E-state index in [1.165, 1.54) is 61.0 Å². The molecule has 5 heterocycles. The van der Waals surface area contributed by atoms with E-state index in [2.05, 4.69) is 120 Å². The number of nitrogens with zero attached hydrogens (tertiary/aromatic N) is 5. The SMILES string of the molecule is CC[C@H](CN1CC[C@@H](CNC(=O)c2ccc(-c3ccccc3)cc2)N[C@@H](CCN2CCCCC2)C1=O)c1ccccc1.CC[C@H](CN1CC[C@@H](CNC(=O)c2csc(-c3ccccc3)n2)N[C@@H](CCN2CCCCC2)C1=O)c1ccccc1. The first-order valence-corrected chi connectivity index (χ1v) is 32.0. The fraction of sp³-hybridized carbons (Fsp3) is 0.464. The molecule has 0 unspecified atom stereocenters. The number of likely N-dealkylation sites (tertiary alicyclic amines) is 2. The molecule has 1 aromatic heterocycles. The van der Waals surface area contributed by atoms with Crippen LogP contribution in [-0.2, 0) is 9.59 Å². The van der Waals surface area contributed by atoms with Gasteiger partial charge in [-0.3, -0.25) is 19.2 Å². The summed E-state index contributed by atoms with van der Waals surface area (Å²) in [5.41, 5.74) is 6.90. The van der Waals surface area contributed by atoms with Crippen molar-refractivity contribution in [3.8, 4) is 21.7 Å². The van der Waals surface area contributed by atoms with Gasteiger partial charge in [0.1, 0.15) is 10.7 Å². The molecule has 4 saturated heterocycles. The molecule has 5 aromatic carbocycles. The molecule has 0 spiro atoms. The van der Waals surface area contributed by atoms with Gasteiger partial charge in [0.15, 0.2) is 0 Å². The van der Waals surface area contributed by atoms with Gasteiger partial charge in [0.25, 0.3) is 11.8 Å². The molecule has 14 heteroatoms. The summed E-state index contributed by atoms with van der Waals surface area (Å²) in [6, 6.07) is 48.5. The van der Waals surface area contributed by atoms with Crippen LogP contribution in [0.25, 0.3) is 21.7 Å². The smallest absolute Gasteiger partial charge is 0.270 e. The standard InChI is InChI=1S/C36H46N4O2.C33H43N5O2S/c1-2-28(29-12-6-3-7-13-29)27-40-25-20-33(38-34(36(40)42)21-24-39-22-10-5-11-23-39)26-37-35(41)32-18-16-31(17-19-32)30-14-8-4-9-15-30;1-2-25(26-12-6-3-7-13-26)23-38-21-16-28(35-29(33(38)40)17-20-37-18-10-5-11-19-37)22-34-31(39)30-24-41-32(36-30)27-14-8-4-9-15-27/h3-4,6-9,12-19,28,33-34,38H,2,5,10-11,20-27H2,1H3,(H,37,41);3-4,6-9,12-15,24-25,28-29,35H,2,5,10-11,16-23H2,1H3,(H,34,39)/t28-,33+,34+;25-,28+,29+/m11/s1. The number of aromatic nitrogens is 1. The van der Waals surface area contributed by atoms with Crippen molar-refractivity contribution in [3.63, 3.8) is 0 Å². The summed E-state index contributed by atoms with van der Waals surface area (Å²) in [7, 11) is 0. The molecule has 13 nitrogen and oxygen atoms in total. The van der Waals surface area contributed by atoms with Crippen molar-refractivity contribution in [1.29, 1.82) is 0 Å². The van der Waals surface area contributed by atoms with Crippen molar-refractivity contribution in [2.75, 3.05) is 78.5 Å². The largest absolute Gasteiger partial charge is 0.350 e. The lowest BCUT2D eigenvalue weighted by molar-refractivity contribution is -0.134. The van der Waals surface area contributed by atoms with Crippen molar-refractivity contribution in [1.82, 2.24) is 45.9 Å². The molecule has 4 fully saturated rings. The normalized spacial score (nSPS) is 20.7. The zero-order chi connectivity index (χ0) is 57.6. The van der Waals surface area contributed by atoms with Gasteiger partial charge in [-0.25, -0.2) is 4.98 Å². The maximum absolute atomic E-state index is 13.9. The highest BCUT2D eigenvalue weighted by Crippen LogP contribution is 2.27. The quantitative estimate of drug-likeness (QED) is 0.0523. The van der Waals surface area contributed by atoms with Gasteiger partial charge >= 0.3 is 0 Å². The van der Waals surface area contributed by atoms with E-state index in [1.54, 1.807) is 0 Å². The van der Waals surface area contributed by atoms with E-state index < -0.39 is 0 Å². The van der Waals surface area contributed by atoms with Crippen LogP contribution in [0.4, 0.5) is 0 Å². The molecule has 0 bridgehead atoms. The third-order valence-electron chi connectivity index (χ3n) is 17.4. The number of carbonyl (C=O) groups is 4. The predicted molar refractivity (Wildman–Crippen MR) is 337 cm³/mol. The Morgan fingerprint density at radius 2 is 0.952 bits per heavy atom. The van der Waals surface area contributed by atoms with E-state index >= 15 is 0 Å². The molecule has 0 saturated carbocycles. The Bertz CT molecular complexity index is 2900. The van der Waals surface area contributed by atoms with Gasteiger partial charge in [-0.15, -0.1) is 11.3 Å². The average molecular weight is 1140 g/mol. The third-order valence-corrected chi connectivity index (χ3v) is 18.3. The maximum atomic E-state index is 13.9. The second kappa shape index (κ2) is 31.9. The van der Waals surface area contributed by atoms with E-state index in [-0.39, 0.29) is 47.8 Å². The lowest BCUT2D eigenvalue weighted by Crippen LogP contribution is -2.50. The second-order valence-corrected chi connectivity index (χ2v) is 24.0. The Kier molecular flexibility index (Phi) is 23.5. The number of thiazole rings is 1. The average Bonchev–Trinajstić information content (AvgIpc) is 4.09. The van der Waals surface area contributed by atoms with Crippen LogP contribution < -0.4 is 21.3 Å². The first kappa shape index (κ1) is 61.0. The van der Waals surface area contributed by atoms with Crippen LogP contribution in [0, 0.1) is 0 Å². The highest BCUT2D eigenvalue weighted by molar-refractivity contribution is 7.13. The number of nitrogens with one attached hydrogen (secondary N) is 4. The molecule has 4 aliphatic heterocycles. The van der Waals surface area contributed by atoms with Gasteiger partial charge < -0.3 is 40.9 Å². The molecule has 440 valence electrons. The number of hydrogen-bond acceptors (Lipinski definition) is 10. The number of benzene rings is 5. The van der Waals surface area contributed by atoms with Crippen LogP contribution in [0.5, 0.6) is 0 Å². The van der Waals surface area contributed by atoms with Crippen LogP contribution in [0.1, 0.15) is 135 Å². The minimum Gasteiger partial charge on any atom is -0.350 e. The Morgan fingerprint density at radius 1 is 0.530 bits per heavy atom. The lowest BCUT2D eigenvalue weighted by atomic mass is 9.95. The number of amides is 4. The zero-order valence-electron chi connectivity index (χ0n) is 49.1. The van der Waals surface area contributed by atoms with Crippen LogP contribution >= 0.6 is 11.3 Å². The van der Waals surface area contributed by atoms with Crippen molar-refractivity contribution >= 4 is 35.0 Å². The molecule has 0 radical (unpaired) electrons. The Hall–Kier alpha value is -6.55. The van der Waals surface area contributed by atoms with Crippen LogP contribution in [0.3, 0.4) is 0 Å². The number of rotatable bonds is 22. The zero-order valence-corrected chi connectivity index (χ0v) is 50.0. The Labute approximate surface area is 498 Å². The number of hydrogen-bond donors (Lipinski definition) is 4. The van der Waals surface area contributed by atoms with Gasteiger partial charge in [0, 0.05) is 92.8 Å². The van der Waals surface area contributed by atoms with E-state index in [1.807, 2.05) is 90.3 Å². The first-order valence-electron chi connectivity index (χ1n) is 31.1. The van der Waals surface area contributed by atoms with Crippen LogP contribution in [0.15, 0.2) is 151 Å². The number of carbonyl (C=O) groups excluding carboxylic acids is 4. The highest BCUT2D eigenvalue weighted by atomic mass is 32.1. The van der Waals surface area contributed by atoms with Crippen molar-refractivity contribution in [2.45, 2.75) is 127 Å². The minimum atomic E-state index is -0.251. The van der Waals surface area contributed by atoms with E-state index in [0.717, 1.165) is 113 Å². The van der Waals surface area contributed by atoms with Crippen LogP contribution in [-0.4, -0.2) is 151 Å².